The van der Waals surface area contributed by atoms with E-state index in [1.165, 1.54) is 4.31 Å². The summed E-state index contributed by atoms with van der Waals surface area (Å²) in [5.74, 6) is -0.451. The molecule has 9 heteroatoms. The predicted molar refractivity (Wildman–Crippen MR) is 142 cm³/mol. The summed E-state index contributed by atoms with van der Waals surface area (Å²) in [6, 6.07) is 13.7. The molecule has 192 valence electrons. The van der Waals surface area contributed by atoms with Crippen molar-refractivity contribution in [2.45, 2.75) is 65.6 Å². The molecule has 1 atom stereocenters. The van der Waals surface area contributed by atoms with E-state index in [0.29, 0.717) is 23.6 Å². The second kappa shape index (κ2) is 12.9. The third kappa shape index (κ3) is 8.54. The minimum Gasteiger partial charge on any atom is -0.352 e. The van der Waals surface area contributed by atoms with Gasteiger partial charge in [-0.05, 0) is 57.4 Å². The van der Waals surface area contributed by atoms with Gasteiger partial charge in [-0.2, -0.15) is 0 Å². The van der Waals surface area contributed by atoms with Crippen LogP contribution in [0.1, 0.15) is 51.2 Å². The standard InChI is InChI=1S/C26H36ClN3O4S/c1-6-24(26(32)28-19(2)3)29(18-21-10-7-8-11-23(21)27)25(31)12-9-17-30(35(5,33)34)22-15-13-20(4)14-16-22/h7-8,10-11,13-16,19,24H,6,9,12,17-18H2,1-5H3,(H,28,32)/t24-/m1/s1. The van der Waals surface area contributed by atoms with Crippen LogP contribution in [0.25, 0.3) is 0 Å². The first-order chi connectivity index (χ1) is 16.4. The van der Waals surface area contributed by atoms with E-state index in [4.69, 9.17) is 11.6 Å². The molecule has 0 saturated heterocycles. The third-order valence-corrected chi connectivity index (χ3v) is 7.15. The average molecular weight is 522 g/mol. The normalized spacial score (nSPS) is 12.3. The number of carbonyl (C=O) groups excluding carboxylic acids is 2. The summed E-state index contributed by atoms with van der Waals surface area (Å²) < 4.78 is 26.1. The van der Waals surface area contributed by atoms with Crippen LogP contribution < -0.4 is 9.62 Å². The molecule has 2 aromatic rings. The van der Waals surface area contributed by atoms with Crippen molar-refractivity contribution in [1.29, 1.82) is 0 Å². The van der Waals surface area contributed by atoms with Crippen LogP contribution >= 0.6 is 11.6 Å². The van der Waals surface area contributed by atoms with E-state index >= 15 is 0 Å². The summed E-state index contributed by atoms with van der Waals surface area (Å²) in [6.07, 6.45) is 1.99. The second-order valence-electron chi connectivity index (χ2n) is 8.97. The Morgan fingerprint density at radius 1 is 1.06 bits per heavy atom. The van der Waals surface area contributed by atoms with Gasteiger partial charge in [0.15, 0.2) is 0 Å². The van der Waals surface area contributed by atoms with E-state index in [0.717, 1.165) is 17.4 Å². The number of rotatable bonds is 12. The molecule has 0 radical (unpaired) electrons. The average Bonchev–Trinajstić information content (AvgIpc) is 2.77. The van der Waals surface area contributed by atoms with Crippen LogP contribution in [0.3, 0.4) is 0 Å². The Kier molecular flexibility index (Phi) is 10.6. The zero-order valence-electron chi connectivity index (χ0n) is 21.1. The molecule has 2 rings (SSSR count). The largest absolute Gasteiger partial charge is 0.352 e. The fourth-order valence-corrected chi connectivity index (χ4v) is 4.99. The fourth-order valence-electron chi connectivity index (χ4n) is 3.83. The maximum atomic E-state index is 13.4. The molecule has 0 heterocycles. The maximum absolute atomic E-state index is 13.4. The molecule has 0 saturated carbocycles. The Balaban J connectivity index is 2.22. The molecule has 0 bridgehead atoms. The number of carbonyl (C=O) groups is 2. The second-order valence-corrected chi connectivity index (χ2v) is 11.3. The molecule has 0 aliphatic heterocycles. The number of anilines is 1. The molecule has 0 spiro atoms. The van der Waals surface area contributed by atoms with E-state index in [1.54, 1.807) is 23.1 Å². The summed E-state index contributed by atoms with van der Waals surface area (Å²) >= 11 is 6.35. The van der Waals surface area contributed by atoms with Crippen molar-refractivity contribution in [1.82, 2.24) is 10.2 Å². The summed E-state index contributed by atoms with van der Waals surface area (Å²) in [6.45, 7) is 7.88. The molecule has 0 aliphatic carbocycles. The van der Waals surface area contributed by atoms with Crippen molar-refractivity contribution in [3.8, 4) is 0 Å². The SMILES string of the molecule is CC[C@H](C(=O)NC(C)C)N(Cc1ccccc1Cl)C(=O)CCCN(c1ccc(C)cc1)S(C)(=O)=O. The summed E-state index contributed by atoms with van der Waals surface area (Å²) in [5, 5.41) is 3.42. The number of benzene rings is 2. The molecule has 1 N–H and O–H groups in total. The van der Waals surface area contributed by atoms with Gasteiger partial charge in [-0.25, -0.2) is 8.42 Å². The zero-order valence-corrected chi connectivity index (χ0v) is 22.7. The number of halogens is 1. The first-order valence-corrected chi connectivity index (χ1v) is 14.0. The van der Waals surface area contributed by atoms with Gasteiger partial charge in [-0.15, -0.1) is 0 Å². The van der Waals surface area contributed by atoms with Gasteiger partial charge in [0.05, 0.1) is 11.9 Å². The summed E-state index contributed by atoms with van der Waals surface area (Å²) in [5.41, 5.74) is 2.33. The van der Waals surface area contributed by atoms with E-state index < -0.39 is 16.1 Å². The highest BCUT2D eigenvalue weighted by Gasteiger charge is 2.29. The van der Waals surface area contributed by atoms with E-state index in [9.17, 15) is 18.0 Å². The zero-order chi connectivity index (χ0) is 26.2. The van der Waals surface area contributed by atoms with E-state index in [1.807, 2.05) is 58.0 Å². The van der Waals surface area contributed by atoms with E-state index in [2.05, 4.69) is 5.32 Å². The Hall–Kier alpha value is -2.58. The van der Waals surface area contributed by atoms with Crippen molar-refractivity contribution in [3.63, 3.8) is 0 Å². The lowest BCUT2D eigenvalue weighted by atomic mass is 10.1. The molecule has 2 aromatic carbocycles. The monoisotopic (exact) mass is 521 g/mol. The number of amides is 2. The molecule has 2 amide bonds. The van der Waals surface area contributed by atoms with Gasteiger partial charge in [-0.3, -0.25) is 13.9 Å². The molecule has 0 aromatic heterocycles. The predicted octanol–water partition coefficient (Wildman–Crippen LogP) is 4.53. The van der Waals surface area contributed by atoms with Crippen LogP contribution in [0.2, 0.25) is 5.02 Å². The van der Waals surface area contributed by atoms with Crippen molar-refractivity contribution < 1.29 is 18.0 Å². The van der Waals surface area contributed by atoms with Crippen molar-refractivity contribution >= 4 is 39.1 Å². The minimum absolute atomic E-state index is 0.0633. The molecular weight excluding hydrogens is 486 g/mol. The van der Waals surface area contributed by atoms with Gasteiger partial charge in [0.2, 0.25) is 21.8 Å². The van der Waals surface area contributed by atoms with Crippen LogP contribution in [0.15, 0.2) is 48.5 Å². The van der Waals surface area contributed by atoms with Crippen LogP contribution in [0.5, 0.6) is 0 Å². The lowest BCUT2D eigenvalue weighted by molar-refractivity contribution is -0.141. The minimum atomic E-state index is -3.52. The number of nitrogens with one attached hydrogen (secondary N) is 1. The Labute approximate surface area is 214 Å². The highest BCUT2D eigenvalue weighted by molar-refractivity contribution is 7.92. The molecular formula is C26H36ClN3O4S. The van der Waals surface area contributed by atoms with Gasteiger partial charge in [0, 0.05) is 30.6 Å². The van der Waals surface area contributed by atoms with Gasteiger partial charge in [-0.1, -0.05) is 54.4 Å². The molecule has 0 aliphatic rings. The van der Waals surface area contributed by atoms with Gasteiger partial charge >= 0.3 is 0 Å². The van der Waals surface area contributed by atoms with Crippen LogP contribution in [-0.4, -0.2) is 50.0 Å². The van der Waals surface area contributed by atoms with Crippen LogP contribution in [0.4, 0.5) is 5.69 Å². The van der Waals surface area contributed by atoms with Gasteiger partial charge in [0.25, 0.3) is 0 Å². The van der Waals surface area contributed by atoms with Crippen molar-refractivity contribution in [3.05, 3.63) is 64.7 Å². The third-order valence-electron chi connectivity index (χ3n) is 5.59. The highest BCUT2D eigenvalue weighted by Crippen LogP contribution is 2.22. The first kappa shape index (κ1) is 28.7. The molecule has 0 unspecified atom stereocenters. The van der Waals surface area contributed by atoms with Crippen LogP contribution in [-0.2, 0) is 26.2 Å². The lowest BCUT2D eigenvalue weighted by Crippen LogP contribution is -2.50. The Morgan fingerprint density at radius 3 is 2.23 bits per heavy atom. The highest BCUT2D eigenvalue weighted by atomic mass is 35.5. The fraction of sp³-hybridized carbons (Fsp3) is 0.462. The number of nitrogens with zero attached hydrogens (tertiary/aromatic N) is 2. The number of hydrogen-bond donors (Lipinski definition) is 1. The topological polar surface area (TPSA) is 86.8 Å². The van der Waals surface area contributed by atoms with Gasteiger partial charge in [0.1, 0.15) is 6.04 Å². The smallest absolute Gasteiger partial charge is 0.243 e. The molecule has 7 nitrogen and oxygen atoms in total. The van der Waals surface area contributed by atoms with Crippen molar-refractivity contribution in [2.24, 2.45) is 0 Å². The number of hydrogen-bond acceptors (Lipinski definition) is 4. The number of aryl methyl sites for hydroxylation is 1. The Morgan fingerprint density at radius 2 is 1.69 bits per heavy atom. The molecule has 35 heavy (non-hydrogen) atoms. The Bertz CT molecular complexity index is 1100. The van der Waals surface area contributed by atoms with E-state index in [-0.39, 0.29) is 37.4 Å². The summed E-state index contributed by atoms with van der Waals surface area (Å²) in [4.78, 5) is 27.9. The van der Waals surface area contributed by atoms with Gasteiger partial charge < -0.3 is 10.2 Å². The first-order valence-electron chi connectivity index (χ1n) is 11.8. The quantitative estimate of drug-likeness (QED) is 0.444. The molecule has 0 fully saturated rings. The number of sulfonamides is 1. The lowest BCUT2D eigenvalue weighted by Gasteiger charge is -2.32. The van der Waals surface area contributed by atoms with Crippen LogP contribution in [0, 0.1) is 6.92 Å². The maximum Gasteiger partial charge on any atom is 0.243 e. The van der Waals surface area contributed by atoms with Crippen molar-refractivity contribution in [2.75, 3.05) is 17.1 Å². The summed E-state index contributed by atoms with van der Waals surface area (Å²) in [7, 11) is -3.52.